The molecule has 0 atom stereocenters. The highest BCUT2D eigenvalue weighted by Crippen LogP contribution is 2.15. The number of hydrogen-bond acceptors (Lipinski definition) is 3. The number of rotatable bonds is 5. The molecule has 0 spiro atoms. The van der Waals surface area contributed by atoms with E-state index in [9.17, 15) is 0 Å². The Kier molecular flexibility index (Phi) is 4.24. The normalized spacial score (nSPS) is 12.1. The van der Waals surface area contributed by atoms with Gasteiger partial charge in [0.1, 0.15) is 0 Å². The maximum Gasteiger partial charge on any atom is 0.0312 e. The van der Waals surface area contributed by atoms with Crippen molar-refractivity contribution in [1.82, 2.24) is 9.88 Å². The van der Waals surface area contributed by atoms with Gasteiger partial charge in [-0.1, -0.05) is 19.9 Å². The molecule has 1 heterocycles. The van der Waals surface area contributed by atoms with Crippen LogP contribution < -0.4 is 5.73 Å². The number of nitrogens with zero attached hydrogens (tertiary/aromatic N) is 2. The van der Waals surface area contributed by atoms with Crippen LogP contribution in [0.3, 0.4) is 0 Å². The lowest BCUT2D eigenvalue weighted by atomic mass is 9.93. The van der Waals surface area contributed by atoms with Crippen LogP contribution in [0.1, 0.15) is 19.4 Å². The predicted molar refractivity (Wildman–Crippen MR) is 63.4 cm³/mol. The van der Waals surface area contributed by atoms with Gasteiger partial charge in [-0.05, 0) is 30.6 Å². The number of hydrogen-bond donors (Lipinski definition) is 1. The molecule has 1 aromatic rings. The van der Waals surface area contributed by atoms with Crippen molar-refractivity contribution >= 4 is 0 Å². The molecule has 0 amide bonds. The highest BCUT2D eigenvalue weighted by Gasteiger charge is 2.17. The van der Waals surface area contributed by atoms with Gasteiger partial charge in [0.25, 0.3) is 0 Å². The monoisotopic (exact) mass is 207 g/mol. The van der Waals surface area contributed by atoms with E-state index in [1.165, 1.54) is 5.56 Å². The van der Waals surface area contributed by atoms with Gasteiger partial charge < -0.3 is 10.6 Å². The molecule has 0 radical (unpaired) electrons. The minimum Gasteiger partial charge on any atom is -0.330 e. The Bertz CT molecular complexity index is 282. The Morgan fingerprint density at radius 2 is 2.20 bits per heavy atom. The summed E-state index contributed by atoms with van der Waals surface area (Å²) >= 11 is 0. The Labute approximate surface area is 92.3 Å². The zero-order chi connectivity index (χ0) is 11.3. The van der Waals surface area contributed by atoms with Gasteiger partial charge in [-0.25, -0.2) is 0 Å². The van der Waals surface area contributed by atoms with Crippen molar-refractivity contribution in [3.8, 4) is 0 Å². The lowest BCUT2D eigenvalue weighted by Crippen LogP contribution is -2.36. The SMILES string of the molecule is CN(Cc1cccnc1)CC(C)(C)CN. The highest BCUT2D eigenvalue weighted by molar-refractivity contribution is 5.07. The van der Waals surface area contributed by atoms with E-state index in [2.05, 4.69) is 36.8 Å². The molecule has 3 nitrogen and oxygen atoms in total. The van der Waals surface area contributed by atoms with Crippen molar-refractivity contribution in [1.29, 1.82) is 0 Å². The lowest BCUT2D eigenvalue weighted by molar-refractivity contribution is 0.210. The van der Waals surface area contributed by atoms with E-state index >= 15 is 0 Å². The Hall–Kier alpha value is -0.930. The molecule has 2 N–H and O–H groups in total. The Morgan fingerprint density at radius 3 is 2.73 bits per heavy atom. The molecule has 0 fully saturated rings. The summed E-state index contributed by atoms with van der Waals surface area (Å²) in [6.45, 7) is 7.01. The van der Waals surface area contributed by atoms with E-state index in [4.69, 9.17) is 5.73 Å². The van der Waals surface area contributed by atoms with E-state index in [-0.39, 0.29) is 5.41 Å². The van der Waals surface area contributed by atoms with Crippen LogP contribution in [0.25, 0.3) is 0 Å². The second-order valence-electron chi connectivity index (χ2n) is 4.90. The smallest absolute Gasteiger partial charge is 0.0312 e. The van der Waals surface area contributed by atoms with Crippen LogP contribution in [0.15, 0.2) is 24.5 Å². The number of nitrogens with two attached hydrogens (primary N) is 1. The van der Waals surface area contributed by atoms with Crippen LogP contribution in [0.5, 0.6) is 0 Å². The third kappa shape index (κ3) is 4.40. The summed E-state index contributed by atoms with van der Waals surface area (Å²) in [4.78, 5) is 6.38. The van der Waals surface area contributed by atoms with Crippen molar-refractivity contribution in [2.24, 2.45) is 11.1 Å². The fourth-order valence-electron chi connectivity index (χ4n) is 1.65. The van der Waals surface area contributed by atoms with Crippen LogP contribution in [0, 0.1) is 5.41 Å². The van der Waals surface area contributed by atoms with Gasteiger partial charge in [0.05, 0.1) is 0 Å². The molecule has 0 unspecified atom stereocenters. The van der Waals surface area contributed by atoms with Gasteiger partial charge in [-0.2, -0.15) is 0 Å². The second-order valence-corrected chi connectivity index (χ2v) is 4.90. The minimum absolute atomic E-state index is 0.178. The molecule has 3 heteroatoms. The summed E-state index contributed by atoms with van der Waals surface area (Å²) < 4.78 is 0. The number of aromatic nitrogens is 1. The summed E-state index contributed by atoms with van der Waals surface area (Å²) in [5.74, 6) is 0. The van der Waals surface area contributed by atoms with E-state index in [1.807, 2.05) is 12.3 Å². The largest absolute Gasteiger partial charge is 0.330 e. The average Bonchev–Trinajstić information content (AvgIpc) is 2.18. The topological polar surface area (TPSA) is 42.2 Å². The lowest BCUT2D eigenvalue weighted by Gasteiger charge is -2.28. The van der Waals surface area contributed by atoms with Gasteiger partial charge in [-0.3, -0.25) is 4.98 Å². The van der Waals surface area contributed by atoms with Crippen molar-refractivity contribution in [2.45, 2.75) is 20.4 Å². The minimum atomic E-state index is 0.178. The maximum absolute atomic E-state index is 5.71. The third-order valence-corrected chi connectivity index (χ3v) is 2.43. The van der Waals surface area contributed by atoms with Crippen LogP contribution in [0.2, 0.25) is 0 Å². The molecule has 1 aromatic heterocycles. The quantitative estimate of drug-likeness (QED) is 0.795. The molecular formula is C12H21N3. The van der Waals surface area contributed by atoms with E-state index in [0.29, 0.717) is 6.54 Å². The van der Waals surface area contributed by atoms with Gasteiger partial charge in [-0.15, -0.1) is 0 Å². The zero-order valence-electron chi connectivity index (χ0n) is 9.90. The van der Waals surface area contributed by atoms with Crippen LogP contribution in [0.4, 0.5) is 0 Å². The molecule has 15 heavy (non-hydrogen) atoms. The van der Waals surface area contributed by atoms with Gasteiger partial charge in [0.15, 0.2) is 0 Å². The van der Waals surface area contributed by atoms with Crippen LogP contribution in [-0.4, -0.2) is 30.0 Å². The Balaban J connectivity index is 2.46. The molecule has 1 rings (SSSR count). The molecule has 0 aliphatic carbocycles. The highest BCUT2D eigenvalue weighted by atomic mass is 15.1. The standard InChI is InChI=1S/C12H21N3/c1-12(2,9-13)10-15(3)8-11-5-4-6-14-7-11/h4-7H,8-10,13H2,1-3H3. The van der Waals surface area contributed by atoms with E-state index < -0.39 is 0 Å². The first-order chi connectivity index (χ1) is 7.03. The first kappa shape index (κ1) is 12.1. The number of pyridine rings is 1. The van der Waals surface area contributed by atoms with Crippen molar-refractivity contribution in [2.75, 3.05) is 20.1 Å². The molecular weight excluding hydrogens is 186 g/mol. The van der Waals surface area contributed by atoms with E-state index in [1.54, 1.807) is 6.20 Å². The van der Waals surface area contributed by atoms with E-state index in [0.717, 1.165) is 13.1 Å². The van der Waals surface area contributed by atoms with Gasteiger partial charge in [0, 0.05) is 25.5 Å². The summed E-state index contributed by atoms with van der Waals surface area (Å²) in [5, 5.41) is 0. The first-order valence-electron chi connectivity index (χ1n) is 5.31. The molecule has 0 bridgehead atoms. The van der Waals surface area contributed by atoms with Crippen molar-refractivity contribution in [3.63, 3.8) is 0 Å². The van der Waals surface area contributed by atoms with Crippen LogP contribution in [-0.2, 0) is 6.54 Å². The summed E-state index contributed by atoms with van der Waals surface area (Å²) in [6.07, 6.45) is 3.71. The molecule has 0 aliphatic rings. The third-order valence-electron chi connectivity index (χ3n) is 2.43. The fraction of sp³-hybridized carbons (Fsp3) is 0.583. The molecule has 0 saturated carbocycles. The Morgan fingerprint density at radius 1 is 1.47 bits per heavy atom. The summed E-state index contributed by atoms with van der Waals surface area (Å²) in [7, 11) is 2.12. The van der Waals surface area contributed by atoms with Gasteiger partial charge >= 0.3 is 0 Å². The first-order valence-corrected chi connectivity index (χ1v) is 5.31. The fourth-order valence-corrected chi connectivity index (χ4v) is 1.65. The van der Waals surface area contributed by atoms with Gasteiger partial charge in [0.2, 0.25) is 0 Å². The van der Waals surface area contributed by atoms with Crippen molar-refractivity contribution in [3.05, 3.63) is 30.1 Å². The summed E-state index contributed by atoms with van der Waals surface area (Å²) in [6, 6.07) is 4.07. The average molecular weight is 207 g/mol. The second kappa shape index (κ2) is 5.24. The van der Waals surface area contributed by atoms with Crippen LogP contribution >= 0.6 is 0 Å². The zero-order valence-corrected chi connectivity index (χ0v) is 9.90. The maximum atomic E-state index is 5.71. The molecule has 0 saturated heterocycles. The molecule has 0 aliphatic heterocycles. The van der Waals surface area contributed by atoms with Crippen molar-refractivity contribution < 1.29 is 0 Å². The predicted octanol–water partition coefficient (Wildman–Crippen LogP) is 1.50. The summed E-state index contributed by atoms with van der Waals surface area (Å²) in [5.41, 5.74) is 7.13. The molecule has 0 aromatic carbocycles. The molecule has 84 valence electrons.